The van der Waals surface area contributed by atoms with Crippen LogP contribution in [0.5, 0.6) is 0 Å². The van der Waals surface area contributed by atoms with E-state index < -0.39 is 0 Å². The predicted octanol–water partition coefficient (Wildman–Crippen LogP) is 0.600. The van der Waals surface area contributed by atoms with Crippen molar-refractivity contribution in [1.29, 1.82) is 0 Å². The molecular weight excluding hydrogens is 82.9 g/mol. The summed E-state index contributed by atoms with van der Waals surface area (Å²) in [4.78, 5) is 0. The average Bonchev–Trinajstić information content (AvgIpc) is 1.69. The van der Waals surface area contributed by atoms with Gasteiger partial charge in [0.2, 0.25) is 0 Å². The minimum atomic E-state index is 0.397. The van der Waals surface area contributed by atoms with Crippen molar-refractivity contribution < 1.29 is 0 Å². The normalized spacial score (nSPS) is 4.71. The van der Waals surface area contributed by atoms with Crippen LogP contribution in [0.1, 0.15) is 6.92 Å². The van der Waals surface area contributed by atoms with Crippen molar-refractivity contribution in [3.05, 3.63) is 0 Å². The zero-order valence-corrected chi connectivity index (χ0v) is 4.28. The molecule has 0 fully saturated rings. The van der Waals surface area contributed by atoms with Crippen LogP contribution in [-0.2, 0) is 0 Å². The smallest absolute Gasteiger partial charge is 0.0828 e. The van der Waals surface area contributed by atoms with Crippen LogP contribution in [0.2, 0.25) is 6.32 Å². The van der Waals surface area contributed by atoms with E-state index >= 15 is 0 Å². The lowest BCUT2D eigenvalue weighted by Crippen LogP contribution is -1.55. The third-order valence-electron chi connectivity index (χ3n) is 0.378. The lowest BCUT2D eigenvalue weighted by atomic mass is 10.1. The van der Waals surface area contributed by atoms with Crippen LogP contribution in [0, 0.1) is 23.7 Å². The van der Waals surface area contributed by atoms with Crippen LogP contribution in [0.15, 0.2) is 0 Å². The first-order valence-electron chi connectivity index (χ1n) is 2.01. The summed E-state index contributed by atoms with van der Waals surface area (Å²) in [6, 6.07) is 0. The van der Waals surface area contributed by atoms with Crippen molar-refractivity contribution >= 4 is 7.85 Å². The van der Waals surface area contributed by atoms with Gasteiger partial charge in [-0.2, -0.15) is 0 Å². The molecule has 0 aliphatic heterocycles. The van der Waals surface area contributed by atoms with Crippen LogP contribution in [0.3, 0.4) is 0 Å². The zero-order chi connectivity index (χ0) is 5.54. The molecule has 0 saturated carbocycles. The molecule has 0 rings (SSSR count). The Labute approximate surface area is 45.7 Å². The molecule has 32 valence electrons. The Balaban J connectivity index is 3.39. The molecule has 0 bridgehead atoms. The van der Waals surface area contributed by atoms with Crippen molar-refractivity contribution in [2.75, 3.05) is 0 Å². The molecule has 0 atom stereocenters. The highest BCUT2D eigenvalue weighted by atomic mass is 13.5. The lowest BCUT2D eigenvalue weighted by molar-refractivity contribution is 1.87. The molecule has 2 radical (unpaired) electrons. The van der Waals surface area contributed by atoms with Crippen LogP contribution >= 0.6 is 0 Å². The quantitative estimate of drug-likeness (QED) is 0.300. The van der Waals surface area contributed by atoms with E-state index in [1.165, 1.54) is 0 Å². The molecule has 1 heteroatoms. The standard InChI is InChI=1S/C6H5B/c1-2-3-4-5-6-7/h6H2,1H3. The van der Waals surface area contributed by atoms with Gasteiger partial charge >= 0.3 is 0 Å². The highest BCUT2D eigenvalue weighted by molar-refractivity contribution is 6.10. The number of hydrogen-bond donors (Lipinski definition) is 0. The molecule has 0 N–H and O–H groups in total. The van der Waals surface area contributed by atoms with Gasteiger partial charge in [0.15, 0.2) is 0 Å². The lowest BCUT2D eigenvalue weighted by Gasteiger charge is -1.59. The summed E-state index contributed by atoms with van der Waals surface area (Å²) in [5.41, 5.74) is 0. The molecule has 0 aromatic rings. The second-order valence-electron chi connectivity index (χ2n) is 0.881. The Kier molecular flexibility index (Phi) is 4.58. The van der Waals surface area contributed by atoms with E-state index in [4.69, 9.17) is 7.85 Å². The van der Waals surface area contributed by atoms with Crippen molar-refractivity contribution in [3.63, 3.8) is 0 Å². The van der Waals surface area contributed by atoms with Gasteiger partial charge in [-0.25, -0.2) is 0 Å². The van der Waals surface area contributed by atoms with Gasteiger partial charge in [0, 0.05) is 0 Å². The van der Waals surface area contributed by atoms with E-state index in [-0.39, 0.29) is 0 Å². The number of rotatable bonds is 0. The Morgan fingerprint density at radius 3 is 2.57 bits per heavy atom. The summed E-state index contributed by atoms with van der Waals surface area (Å²) in [5.74, 6) is 10.3. The summed E-state index contributed by atoms with van der Waals surface area (Å²) in [6.45, 7) is 1.74. The van der Waals surface area contributed by atoms with Crippen LogP contribution in [0.25, 0.3) is 0 Å². The second-order valence-corrected chi connectivity index (χ2v) is 0.881. The van der Waals surface area contributed by atoms with E-state index in [2.05, 4.69) is 23.7 Å². The molecule has 0 amide bonds. The van der Waals surface area contributed by atoms with Gasteiger partial charge in [-0.15, -0.1) is 0 Å². The maximum atomic E-state index is 5.03. The molecule has 0 aliphatic carbocycles. The minimum Gasteiger partial charge on any atom is -0.0987 e. The summed E-state index contributed by atoms with van der Waals surface area (Å²) in [6.07, 6.45) is 0.397. The van der Waals surface area contributed by atoms with Gasteiger partial charge in [-0.1, -0.05) is 11.8 Å². The maximum Gasteiger partial charge on any atom is 0.0828 e. The first-order chi connectivity index (χ1) is 3.41. The van der Waals surface area contributed by atoms with Gasteiger partial charge in [0.05, 0.1) is 7.85 Å². The molecule has 0 aromatic carbocycles. The van der Waals surface area contributed by atoms with Crippen LogP contribution in [-0.4, -0.2) is 7.85 Å². The summed E-state index contributed by atoms with van der Waals surface area (Å²) in [7, 11) is 5.03. The fourth-order valence-corrected chi connectivity index (χ4v) is 0.158. The molecule has 0 nitrogen and oxygen atoms in total. The molecular formula is C6H5B. The van der Waals surface area contributed by atoms with E-state index in [0.29, 0.717) is 6.32 Å². The molecule has 0 saturated heterocycles. The summed E-state index contributed by atoms with van der Waals surface area (Å²) >= 11 is 0. The maximum absolute atomic E-state index is 5.03. The van der Waals surface area contributed by atoms with Crippen molar-refractivity contribution in [1.82, 2.24) is 0 Å². The first-order valence-corrected chi connectivity index (χ1v) is 2.01. The zero-order valence-electron chi connectivity index (χ0n) is 4.28. The predicted molar refractivity (Wildman–Crippen MR) is 31.8 cm³/mol. The van der Waals surface area contributed by atoms with E-state index in [1.807, 2.05) is 0 Å². The molecule has 7 heavy (non-hydrogen) atoms. The Morgan fingerprint density at radius 1 is 1.43 bits per heavy atom. The number of hydrogen-bond acceptors (Lipinski definition) is 0. The van der Waals surface area contributed by atoms with E-state index in [1.54, 1.807) is 6.92 Å². The second kappa shape index (κ2) is 5.18. The van der Waals surface area contributed by atoms with E-state index in [9.17, 15) is 0 Å². The monoisotopic (exact) mass is 88.0 g/mol. The Hall–Kier alpha value is -0.815. The fraction of sp³-hybridized carbons (Fsp3) is 0.333. The highest BCUT2D eigenvalue weighted by Gasteiger charge is 1.53. The van der Waals surface area contributed by atoms with Gasteiger partial charge in [0.1, 0.15) is 0 Å². The van der Waals surface area contributed by atoms with Crippen LogP contribution < -0.4 is 0 Å². The fourth-order valence-electron chi connectivity index (χ4n) is 0.158. The topological polar surface area (TPSA) is 0 Å². The Morgan fingerprint density at radius 2 is 2.14 bits per heavy atom. The molecule has 0 aliphatic rings. The minimum absolute atomic E-state index is 0.397. The average molecular weight is 87.9 g/mol. The SMILES string of the molecule is [B]CC#CC#CC. The Bertz CT molecular complexity index is 137. The van der Waals surface area contributed by atoms with Gasteiger partial charge < -0.3 is 0 Å². The molecule has 0 unspecified atom stereocenters. The molecule has 0 aromatic heterocycles. The van der Waals surface area contributed by atoms with Gasteiger partial charge in [-0.05, 0) is 25.1 Å². The largest absolute Gasteiger partial charge is 0.0987 e. The third-order valence-corrected chi connectivity index (χ3v) is 0.378. The highest BCUT2D eigenvalue weighted by Crippen LogP contribution is 1.59. The van der Waals surface area contributed by atoms with Gasteiger partial charge in [0.25, 0.3) is 0 Å². The van der Waals surface area contributed by atoms with Gasteiger partial charge in [-0.3, -0.25) is 0 Å². The van der Waals surface area contributed by atoms with Crippen LogP contribution in [0.4, 0.5) is 0 Å². The van der Waals surface area contributed by atoms with E-state index in [0.717, 1.165) is 0 Å². The molecule has 0 spiro atoms. The summed E-state index contributed by atoms with van der Waals surface area (Å²) < 4.78 is 0. The van der Waals surface area contributed by atoms with Crippen molar-refractivity contribution in [2.24, 2.45) is 0 Å². The summed E-state index contributed by atoms with van der Waals surface area (Å²) in [5, 5.41) is 0. The van der Waals surface area contributed by atoms with Crippen molar-refractivity contribution in [3.8, 4) is 23.7 Å². The third kappa shape index (κ3) is 5.18. The first kappa shape index (κ1) is 6.18. The van der Waals surface area contributed by atoms with Crippen molar-refractivity contribution in [2.45, 2.75) is 13.2 Å². The molecule has 0 heterocycles.